The molecule has 1 amide bonds. The number of hydrogen-bond acceptors (Lipinski definition) is 7. The highest BCUT2D eigenvalue weighted by Crippen LogP contribution is 2.42. The SMILES string of the molecule is C=Nc1c(/N=C\C)cc(N2CC3CCC(C2)O3)cc1N[C@H]1CC[C@@H](NC(=O)OC(C)(C)C)CC1. The third kappa shape index (κ3) is 6.09. The summed E-state index contributed by atoms with van der Waals surface area (Å²) < 4.78 is 11.4. The molecule has 2 heterocycles. The first-order valence-electron chi connectivity index (χ1n) is 12.5. The van der Waals surface area contributed by atoms with Crippen molar-refractivity contribution in [2.75, 3.05) is 23.3 Å². The fourth-order valence-corrected chi connectivity index (χ4v) is 5.20. The Kier molecular flexibility index (Phi) is 7.45. The summed E-state index contributed by atoms with van der Waals surface area (Å²) in [6.07, 6.45) is 8.09. The van der Waals surface area contributed by atoms with Crippen LogP contribution in [0.5, 0.6) is 0 Å². The van der Waals surface area contributed by atoms with Gasteiger partial charge in [-0.05, 0) is 85.1 Å². The lowest BCUT2D eigenvalue weighted by Gasteiger charge is -2.35. The predicted octanol–water partition coefficient (Wildman–Crippen LogP) is 5.36. The number of anilines is 2. The highest BCUT2D eigenvalue weighted by molar-refractivity contribution is 5.86. The van der Waals surface area contributed by atoms with Crippen molar-refractivity contribution in [3.8, 4) is 0 Å². The van der Waals surface area contributed by atoms with Crippen LogP contribution >= 0.6 is 0 Å². The summed E-state index contributed by atoms with van der Waals surface area (Å²) >= 11 is 0. The van der Waals surface area contributed by atoms with Crippen LogP contribution < -0.4 is 15.5 Å². The maximum atomic E-state index is 12.1. The molecule has 0 spiro atoms. The molecule has 0 radical (unpaired) electrons. The van der Waals surface area contributed by atoms with Gasteiger partial charge in [-0.3, -0.25) is 9.98 Å². The van der Waals surface area contributed by atoms with Crippen molar-refractivity contribution in [3.63, 3.8) is 0 Å². The van der Waals surface area contributed by atoms with Crippen LogP contribution in [-0.4, -0.2) is 62.0 Å². The summed E-state index contributed by atoms with van der Waals surface area (Å²) in [7, 11) is 0. The van der Waals surface area contributed by atoms with Crippen molar-refractivity contribution in [3.05, 3.63) is 12.1 Å². The lowest BCUT2D eigenvalue weighted by atomic mass is 9.91. The summed E-state index contributed by atoms with van der Waals surface area (Å²) in [6.45, 7) is 13.2. The van der Waals surface area contributed by atoms with E-state index in [1.165, 1.54) is 0 Å². The Hall–Kier alpha value is -2.61. The normalized spacial score (nSPS) is 27.0. The fraction of sp³-hybridized carbons (Fsp3) is 0.654. The van der Waals surface area contributed by atoms with Crippen LogP contribution in [0.3, 0.4) is 0 Å². The van der Waals surface area contributed by atoms with Crippen molar-refractivity contribution in [2.45, 2.75) is 96.1 Å². The molecule has 34 heavy (non-hydrogen) atoms. The minimum Gasteiger partial charge on any atom is -0.444 e. The molecule has 2 saturated heterocycles. The van der Waals surface area contributed by atoms with Gasteiger partial charge in [0.25, 0.3) is 0 Å². The van der Waals surface area contributed by atoms with Crippen LogP contribution in [0.4, 0.5) is 27.5 Å². The first-order chi connectivity index (χ1) is 16.2. The molecule has 8 nitrogen and oxygen atoms in total. The van der Waals surface area contributed by atoms with Crippen LogP contribution in [0.1, 0.15) is 66.2 Å². The molecule has 3 fully saturated rings. The van der Waals surface area contributed by atoms with Gasteiger partial charge in [-0.25, -0.2) is 4.79 Å². The predicted molar refractivity (Wildman–Crippen MR) is 139 cm³/mol. The van der Waals surface area contributed by atoms with Crippen molar-refractivity contribution in [1.82, 2.24) is 5.32 Å². The molecule has 0 aromatic heterocycles. The maximum Gasteiger partial charge on any atom is 0.407 e. The molecule has 2 aliphatic heterocycles. The van der Waals surface area contributed by atoms with Gasteiger partial charge < -0.3 is 25.0 Å². The quantitative estimate of drug-likeness (QED) is 0.548. The van der Waals surface area contributed by atoms with Gasteiger partial charge in [0.2, 0.25) is 0 Å². The molecule has 1 aromatic rings. The van der Waals surface area contributed by atoms with Gasteiger partial charge >= 0.3 is 6.09 Å². The number of carbonyl (C=O) groups excluding carboxylic acids is 1. The monoisotopic (exact) mass is 469 g/mol. The van der Waals surface area contributed by atoms with Crippen molar-refractivity contribution < 1.29 is 14.3 Å². The number of alkyl carbamates (subject to hydrolysis) is 1. The Morgan fingerprint density at radius 3 is 2.35 bits per heavy atom. The number of morpholine rings is 1. The fourth-order valence-electron chi connectivity index (χ4n) is 5.20. The molecular formula is C26H39N5O3. The second kappa shape index (κ2) is 10.3. The van der Waals surface area contributed by atoms with E-state index in [2.05, 4.69) is 44.4 Å². The van der Waals surface area contributed by atoms with E-state index in [1.54, 1.807) is 6.21 Å². The number of nitrogens with zero attached hydrogens (tertiary/aromatic N) is 3. The average molecular weight is 470 g/mol. The highest BCUT2D eigenvalue weighted by Gasteiger charge is 2.34. The Morgan fingerprint density at radius 1 is 1.12 bits per heavy atom. The smallest absolute Gasteiger partial charge is 0.407 e. The van der Waals surface area contributed by atoms with E-state index in [4.69, 9.17) is 9.47 Å². The number of fused-ring (bicyclic) bond motifs is 2. The maximum absolute atomic E-state index is 12.1. The Labute approximate surface area is 203 Å². The van der Waals surface area contributed by atoms with Crippen LogP contribution in [-0.2, 0) is 9.47 Å². The van der Waals surface area contributed by atoms with E-state index in [1.807, 2.05) is 27.7 Å². The van der Waals surface area contributed by atoms with Crippen molar-refractivity contribution >= 4 is 41.8 Å². The van der Waals surface area contributed by atoms with Gasteiger partial charge in [0.15, 0.2) is 0 Å². The van der Waals surface area contributed by atoms with E-state index < -0.39 is 5.60 Å². The van der Waals surface area contributed by atoms with Gasteiger partial charge in [-0.1, -0.05) is 0 Å². The van der Waals surface area contributed by atoms with Crippen LogP contribution in [0.25, 0.3) is 0 Å². The number of rotatable bonds is 6. The standard InChI is InChI=1S/C26H39N5O3/c1-6-28-22-13-19(31-15-20-11-12-21(16-31)33-20)14-23(24(22)27-5)29-17-7-9-18(10-8-17)30-25(32)34-26(2,3)4/h6,13-14,17-18,20-21,29H,5,7-12,15-16H2,1-4H3,(H,30,32)/b28-6-/t17-,18+,20?,21?. The largest absolute Gasteiger partial charge is 0.444 e. The number of benzene rings is 1. The number of aliphatic imine (C=N–C) groups is 2. The molecule has 1 aromatic carbocycles. The first kappa shape index (κ1) is 24.5. The molecule has 2 bridgehead atoms. The van der Waals surface area contributed by atoms with E-state index >= 15 is 0 Å². The van der Waals surface area contributed by atoms with E-state index in [0.717, 1.165) is 74.4 Å². The lowest BCUT2D eigenvalue weighted by molar-refractivity contribution is 0.0305. The van der Waals surface area contributed by atoms with Crippen LogP contribution in [0.2, 0.25) is 0 Å². The van der Waals surface area contributed by atoms with Gasteiger partial charge in [0.1, 0.15) is 11.3 Å². The van der Waals surface area contributed by atoms with Crippen LogP contribution in [0, 0.1) is 0 Å². The van der Waals surface area contributed by atoms with E-state index in [0.29, 0.717) is 18.2 Å². The molecule has 3 aliphatic rings. The molecule has 1 saturated carbocycles. The molecule has 2 N–H and O–H groups in total. The number of amides is 1. The van der Waals surface area contributed by atoms with Crippen molar-refractivity contribution in [1.29, 1.82) is 0 Å². The Balaban J connectivity index is 1.44. The minimum absolute atomic E-state index is 0.139. The summed E-state index contributed by atoms with van der Waals surface area (Å²) in [5.74, 6) is 0. The van der Waals surface area contributed by atoms with Gasteiger partial charge in [0.05, 0.1) is 23.6 Å². The molecule has 4 rings (SSSR count). The number of carbonyl (C=O) groups is 1. The minimum atomic E-state index is -0.485. The third-order valence-electron chi connectivity index (χ3n) is 6.72. The molecule has 186 valence electrons. The summed E-state index contributed by atoms with van der Waals surface area (Å²) in [4.78, 5) is 23.5. The number of ether oxygens (including phenoxy) is 2. The zero-order chi connectivity index (χ0) is 24.3. The second-order valence-electron chi connectivity index (χ2n) is 10.6. The van der Waals surface area contributed by atoms with E-state index in [9.17, 15) is 4.79 Å². The zero-order valence-corrected chi connectivity index (χ0v) is 21.0. The number of hydrogen-bond donors (Lipinski definition) is 2. The lowest BCUT2D eigenvalue weighted by Crippen LogP contribution is -2.43. The second-order valence-corrected chi connectivity index (χ2v) is 10.6. The van der Waals surface area contributed by atoms with Crippen LogP contribution in [0.15, 0.2) is 22.1 Å². The highest BCUT2D eigenvalue weighted by atomic mass is 16.6. The topological polar surface area (TPSA) is 87.5 Å². The molecule has 1 aliphatic carbocycles. The van der Waals surface area contributed by atoms with Gasteiger partial charge in [-0.2, -0.15) is 0 Å². The first-order valence-corrected chi connectivity index (χ1v) is 12.5. The van der Waals surface area contributed by atoms with Gasteiger partial charge in [-0.15, -0.1) is 0 Å². The summed E-state index contributed by atoms with van der Waals surface area (Å²) in [5, 5.41) is 6.74. The third-order valence-corrected chi connectivity index (χ3v) is 6.72. The average Bonchev–Trinajstić information content (AvgIpc) is 3.11. The van der Waals surface area contributed by atoms with E-state index in [-0.39, 0.29) is 12.1 Å². The number of nitrogens with one attached hydrogen (secondary N) is 2. The molecular weight excluding hydrogens is 430 g/mol. The Bertz CT molecular complexity index is 906. The van der Waals surface area contributed by atoms with Crippen molar-refractivity contribution in [2.24, 2.45) is 9.98 Å². The van der Waals surface area contributed by atoms with Gasteiger partial charge in [0, 0.05) is 37.1 Å². The summed E-state index contributed by atoms with van der Waals surface area (Å²) in [5.41, 5.74) is 3.25. The molecule has 8 heteroatoms. The molecule has 2 atom stereocenters. The summed E-state index contributed by atoms with van der Waals surface area (Å²) in [6, 6.07) is 4.74. The molecule has 2 unspecified atom stereocenters. The Morgan fingerprint density at radius 2 is 1.76 bits per heavy atom. The zero-order valence-electron chi connectivity index (χ0n) is 21.0.